The average Bonchev–Trinajstić information content (AvgIpc) is 2.36. The number of hydrogen-bond acceptors (Lipinski definition) is 3. The van der Waals surface area contributed by atoms with E-state index in [0.29, 0.717) is 5.56 Å². The molecule has 94 valence electrons. The van der Waals surface area contributed by atoms with E-state index >= 15 is 0 Å². The number of carbonyl (C=O) groups is 1. The molecular formula is C14H16N2O2. The summed E-state index contributed by atoms with van der Waals surface area (Å²) in [6.07, 6.45) is 0. The van der Waals surface area contributed by atoms with Gasteiger partial charge in [0, 0.05) is 19.7 Å². The maximum atomic E-state index is 11.8. The van der Waals surface area contributed by atoms with Gasteiger partial charge in [-0.1, -0.05) is 12.1 Å². The van der Waals surface area contributed by atoms with E-state index in [1.807, 2.05) is 30.3 Å². The second-order valence-electron chi connectivity index (χ2n) is 4.26. The fourth-order valence-corrected chi connectivity index (χ4v) is 1.76. The Morgan fingerprint density at radius 1 is 1.11 bits per heavy atom. The van der Waals surface area contributed by atoms with Crippen LogP contribution in [0.15, 0.2) is 36.4 Å². The van der Waals surface area contributed by atoms with Gasteiger partial charge in [0.1, 0.15) is 5.75 Å². The molecule has 0 radical (unpaired) electrons. The van der Waals surface area contributed by atoms with E-state index in [1.54, 1.807) is 32.3 Å². The summed E-state index contributed by atoms with van der Waals surface area (Å²) in [5, 5.41) is 3.69. The number of nitrogens with zero attached hydrogens (tertiary/aromatic N) is 1. The molecule has 0 aliphatic heterocycles. The summed E-state index contributed by atoms with van der Waals surface area (Å²) >= 11 is 0. The molecule has 0 spiro atoms. The summed E-state index contributed by atoms with van der Waals surface area (Å²) in [6.45, 7) is 0. The molecule has 2 aromatic carbocycles. The molecule has 0 fully saturated rings. The van der Waals surface area contributed by atoms with E-state index in [4.69, 9.17) is 4.74 Å². The Morgan fingerprint density at radius 3 is 2.44 bits per heavy atom. The predicted molar refractivity (Wildman–Crippen MR) is 71.7 cm³/mol. The first-order valence-electron chi connectivity index (χ1n) is 5.66. The summed E-state index contributed by atoms with van der Waals surface area (Å²) in [5.74, 6) is 0.700. The molecule has 0 atom stereocenters. The van der Waals surface area contributed by atoms with Crippen LogP contribution in [-0.4, -0.2) is 32.1 Å². The van der Waals surface area contributed by atoms with Crippen molar-refractivity contribution in [3.63, 3.8) is 0 Å². The molecule has 18 heavy (non-hydrogen) atoms. The first-order chi connectivity index (χ1) is 8.60. The van der Waals surface area contributed by atoms with Crippen molar-refractivity contribution in [2.75, 3.05) is 21.2 Å². The summed E-state index contributed by atoms with van der Waals surface area (Å²) in [7, 11) is 5.20. The zero-order chi connectivity index (χ0) is 13.1. The van der Waals surface area contributed by atoms with Gasteiger partial charge < -0.3 is 4.74 Å². The molecule has 0 aliphatic carbocycles. The van der Waals surface area contributed by atoms with Gasteiger partial charge in [0.05, 0.1) is 7.11 Å². The van der Waals surface area contributed by atoms with Gasteiger partial charge in [-0.2, -0.15) is 0 Å². The van der Waals surface area contributed by atoms with Crippen LogP contribution in [0.3, 0.4) is 0 Å². The molecule has 4 nitrogen and oxygen atoms in total. The zero-order valence-corrected chi connectivity index (χ0v) is 10.7. The van der Waals surface area contributed by atoms with Crippen LogP contribution in [0.1, 0.15) is 10.4 Å². The summed E-state index contributed by atoms with van der Waals surface area (Å²) in [5.41, 5.74) is 3.36. The molecule has 0 unspecified atom stereocenters. The van der Waals surface area contributed by atoms with Gasteiger partial charge in [0.2, 0.25) is 0 Å². The molecule has 2 rings (SSSR count). The Morgan fingerprint density at radius 2 is 1.78 bits per heavy atom. The highest BCUT2D eigenvalue weighted by atomic mass is 16.5. The van der Waals surface area contributed by atoms with Gasteiger partial charge in [0.15, 0.2) is 0 Å². The van der Waals surface area contributed by atoms with Crippen LogP contribution >= 0.6 is 0 Å². The summed E-state index contributed by atoms with van der Waals surface area (Å²) in [6, 6.07) is 11.4. The molecular weight excluding hydrogens is 228 g/mol. The van der Waals surface area contributed by atoms with E-state index in [2.05, 4.69) is 5.43 Å². The molecule has 0 bridgehead atoms. The number of rotatable bonds is 3. The Labute approximate surface area is 106 Å². The fraction of sp³-hybridized carbons (Fsp3) is 0.214. The second kappa shape index (κ2) is 5.06. The number of nitrogens with one attached hydrogen (secondary N) is 1. The fourth-order valence-electron chi connectivity index (χ4n) is 1.76. The molecule has 0 saturated carbocycles. The van der Waals surface area contributed by atoms with Crippen LogP contribution in [-0.2, 0) is 0 Å². The Kier molecular flexibility index (Phi) is 3.48. The lowest BCUT2D eigenvalue weighted by atomic mass is 10.1. The third kappa shape index (κ3) is 2.60. The van der Waals surface area contributed by atoms with Crippen molar-refractivity contribution in [3.8, 4) is 5.75 Å². The first-order valence-corrected chi connectivity index (χ1v) is 5.66. The number of ether oxygens (including phenoxy) is 1. The van der Waals surface area contributed by atoms with Gasteiger partial charge in [-0.05, 0) is 35.0 Å². The molecule has 0 heterocycles. The minimum absolute atomic E-state index is 0.113. The van der Waals surface area contributed by atoms with Crippen molar-refractivity contribution in [1.82, 2.24) is 10.4 Å². The minimum Gasteiger partial charge on any atom is -0.497 e. The molecule has 4 heteroatoms. The van der Waals surface area contributed by atoms with Gasteiger partial charge in [-0.15, -0.1) is 0 Å². The number of hydrogen-bond donors (Lipinski definition) is 1. The van der Waals surface area contributed by atoms with Crippen molar-refractivity contribution in [2.45, 2.75) is 0 Å². The van der Waals surface area contributed by atoms with Gasteiger partial charge >= 0.3 is 0 Å². The van der Waals surface area contributed by atoms with Crippen LogP contribution in [0.25, 0.3) is 10.8 Å². The quantitative estimate of drug-likeness (QED) is 0.840. The lowest BCUT2D eigenvalue weighted by molar-refractivity contribution is 0.0857. The topological polar surface area (TPSA) is 41.6 Å². The standard InChI is InChI=1S/C14H16N2O2/c1-16(2)15-14(17)12-5-4-11-9-13(18-3)7-6-10(11)8-12/h4-9H,1-3H3,(H,15,17). The summed E-state index contributed by atoms with van der Waals surface area (Å²) in [4.78, 5) is 11.8. The van der Waals surface area contributed by atoms with E-state index in [0.717, 1.165) is 16.5 Å². The molecule has 0 aromatic heterocycles. The van der Waals surface area contributed by atoms with Crippen molar-refractivity contribution in [2.24, 2.45) is 0 Å². The first kappa shape index (κ1) is 12.4. The average molecular weight is 244 g/mol. The number of hydrazine groups is 1. The van der Waals surface area contributed by atoms with E-state index in [9.17, 15) is 4.79 Å². The monoisotopic (exact) mass is 244 g/mol. The third-order valence-corrected chi connectivity index (χ3v) is 2.63. The normalized spacial score (nSPS) is 10.7. The van der Waals surface area contributed by atoms with Gasteiger partial charge in [0.25, 0.3) is 5.91 Å². The highest BCUT2D eigenvalue weighted by Gasteiger charge is 2.07. The molecule has 0 saturated heterocycles. The van der Waals surface area contributed by atoms with Crippen LogP contribution in [0, 0.1) is 0 Å². The Bertz CT molecular complexity index is 579. The highest BCUT2D eigenvalue weighted by Crippen LogP contribution is 2.21. The number of fused-ring (bicyclic) bond motifs is 1. The van der Waals surface area contributed by atoms with Crippen molar-refractivity contribution < 1.29 is 9.53 Å². The molecule has 2 aromatic rings. The largest absolute Gasteiger partial charge is 0.497 e. The zero-order valence-electron chi connectivity index (χ0n) is 10.7. The van der Waals surface area contributed by atoms with Crippen LogP contribution in [0.4, 0.5) is 0 Å². The molecule has 1 N–H and O–H groups in total. The lowest BCUT2D eigenvalue weighted by Crippen LogP contribution is -2.36. The third-order valence-electron chi connectivity index (χ3n) is 2.63. The molecule has 0 aliphatic rings. The summed E-state index contributed by atoms with van der Waals surface area (Å²) < 4.78 is 5.17. The predicted octanol–water partition coefficient (Wildman–Crippen LogP) is 2.05. The SMILES string of the molecule is COc1ccc2cc(C(=O)NN(C)C)ccc2c1. The number of carbonyl (C=O) groups excluding carboxylic acids is 1. The Balaban J connectivity index is 2.36. The maximum absolute atomic E-state index is 11.8. The van der Waals surface area contributed by atoms with Gasteiger partial charge in [-0.3, -0.25) is 10.2 Å². The van der Waals surface area contributed by atoms with Crippen molar-refractivity contribution in [3.05, 3.63) is 42.0 Å². The smallest absolute Gasteiger partial charge is 0.265 e. The van der Waals surface area contributed by atoms with Crippen LogP contribution in [0.2, 0.25) is 0 Å². The van der Waals surface area contributed by atoms with E-state index in [1.165, 1.54) is 0 Å². The number of benzene rings is 2. The van der Waals surface area contributed by atoms with Crippen LogP contribution < -0.4 is 10.2 Å². The lowest BCUT2D eigenvalue weighted by Gasteiger charge is -2.12. The maximum Gasteiger partial charge on any atom is 0.265 e. The molecule has 1 amide bonds. The number of methoxy groups -OCH3 is 1. The van der Waals surface area contributed by atoms with E-state index in [-0.39, 0.29) is 5.91 Å². The van der Waals surface area contributed by atoms with E-state index < -0.39 is 0 Å². The highest BCUT2D eigenvalue weighted by molar-refractivity contribution is 5.98. The van der Waals surface area contributed by atoms with Crippen molar-refractivity contribution >= 4 is 16.7 Å². The number of amides is 1. The van der Waals surface area contributed by atoms with Gasteiger partial charge in [-0.25, -0.2) is 5.01 Å². The Hall–Kier alpha value is -2.07. The van der Waals surface area contributed by atoms with Crippen molar-refractivity contribution in [1.29, 1.82) is 0 Å². The van der Waals surface area contributed by atoms with Crippen LogP contribution in [0.5, 0.6) is 5.75 Å². The second-order valence-corrected chi connectivity index (χ2v) is 4.26. The minimum atomic E-state index is -0.113.